The fraction of sp³-hybridized carbons (Fsp3) is 0.467. The van der Waals surface area contributed by atoms with Crippen LogP contribution in [0.1, 0.15) is 13.3 Å². The standard InChI is InChI=1S/C15H20N2O4.ClH/c1-15(7-8-16-10-15)14(19)17-11-3-5-12(6-4-11)21-9-13(18)20-2;/h3-6,16H,7-10H2,1-2H3,(H,17,19);1H. The fourth-order valence-corrected chi connectivity index (χ4v) is 2.13. The van der Waals surface area contributed by atoms with E-state index in [0.29, 0.717) is 18.0 Å². The Labute approximate surface area is 136 Å². The molecule has 122 valence electrons. The molecule has 1 unspecified atom stereocenters. The predicted molar refractivity (Wildman–Crippen MR) is 85.4 cm³/mol. The summed E-state index contributed by atoms with van der Waals surface area (Å²) in [5.41, 5.74) is 0.346. The van der Waals surface area contributed by atoms with E-state index in [9.17, 15) is 9.59 Å². The van der Waals surface area contributed by atoms with Gasteiger partial charge in [0, 0.05) is 12.2 Å². The maximum absolute atomic E-state index is 12.2. The van der Waals surface area contributed by atoms with Crippen LogP contribution >= 0.6 is 12.4 Å². The van der Waals surface area contributed by atoms with E-state index in [1.807, 2.05) is 6.92 Å². The molecular weight excluding hydrogens is 308 g/mol. The third-order valence-corrected chi connectivity index (χ3v) is 3.61. The van der Waals surface area contributed by atoms with Gasteiger partial charge in [0.25, 0.3) is 0 Å². The summed E-state index contributed by atoms with van der Waals surface area (Å²) in [5.74, 6) is 0.122. The molecule has 0 aromatic heterocycles. The zero-order valence-corrected chi connectivity index (χ0v) is 13.5. The van der Waals surface area contributed by atoms with Crippen LogP contribution in [0.5, 0.6) is 5.75 Å². The minimum absolute atomic E-state index is 0. The van der Waals surface area contributed by atoms with Crippen LogP contribution in [-0.4, -0.2) is 38.7 Å². The lowest BCUT2D eigenvalue weighted by Gasteiger charge is -2.21. The summed E-state index contributed by atoms with van der Waals surface area (Å²) in [6, 6.07) is 6.90. The number of amides is 1. The summed E-state index contributed by atoms with van der Waals surface area (Å²) in [5, 5.41) is 6.10. The van der Waals surface area contributed by atoms with Crippen LogP contribution in [0.25, 0.3) is 0 Å². The minimum atomic E-state index is -0.436. The number of rotatable bonds is 5. The average Bonchev–Trinajstić information content (AvgIpc) is 2.94. The topological polar surface area (TPSA) is 76.7 Å². The van der Waals surface area contributed by atoms with E-state index in [1.54, 1.807) is 24.3 Å². The fourth-order valence-electron chi connectivity index (χ4n) is 2.13. The van der Waals surface area contributed by atoms with Gasteiger partial charge in [-0.15, -0.1) is 12.4 Å². The molecule has 7 heteroatoms. The van der Waals surface area contributed by atoms with Crippen LogP contribution in [0.2, 0.25) is 0 Å². The van der Waals surface area contributed by atoms with Crippen molar-refractivity contribution in [2.75, 3.05) is 32.1 Å². The van der Waals surface area contributed by atoms with Crippen molar-refractivity contribution in [3.05, 3.63) is 24.3 Å². The molecule has 1 atom stereocenters. The van der Waals surface area contributed by atoms with Crippen LogP contribution < -0.4 is 15.4 Å². The van der Waals surface area contributed by atoms with Crippen molar-refractivity contribution in [2.24, 2.45) is 5.41 Å². The van der Waals surface area contributed by atoms with E-state index >= 15 is 0 Å². The van der Waals surface area contributed by atoms with Crippen LogP contribution in [-0.2, 0) is 14.3 Å². The van der Waals surface area contributed by atoms with Gasteiger partial charge in [0.15, 0.2) is 6.61 Å². The van der Waals surface area contributed by atoms with E-state index in [1.165, 1.54) is 7.11 Å². The average molecular weight is 329 g/mol. The summed E-state index contributed by atoms with van der Waals surface area (Å²) >= 11 is 0. The molecule has 1 saturated heterocycles. The van der Waals surface area contributed by atoms with Crippen molar-refractivity contribution in [3.8, 4) is 5.75 Å². The highest BCUT2D eigenvalue weighted by atomic mass is 35.5. The maximum atomic E-state index is 12.2. The number of benzene rings is 1. The summed E-state index contributed by atoms with van der Waals surface area (Å²) in [4.78, 5) is 23.2. The smallest absolute Gasteiger partial charge is 0.343 e. The number of carbonyl (C=O) groups is 2. The van der Waals surface area contributed by atoms with Gasteiger partial charge in [-0.05, 0) is 44.2 Å². The molecule has 1 aliphatic rings. The lowest BCUT2D eigenvalue weighted by Crippen LogP contribution is -2.35. The Hall–Kier alpha value is -1.79. The molecule has 2 N–H and O–H groups in total. The first-order chi connectivity index (χ1) is 10.0. The van der Waals surface area contributed by atoms with Crippen molar-refractivity contribution in [2.45, 2.75) is 13.3 Å². The molecule has 1 amide bonds. The van der Waals surface area contributed by atoms with Crippen molar-refractivity contribution in [1.29, 1.82) is 0 Å². The van der Waals surface area contributed by atoms with Crippen LogP contribution in [0.15, 0.2) is 24.3 Å². The SMILES string of the molecule is COC(=O)COc1ccc(NC(=O)C2(C)CCNC2)cc1.Cl. The molecule has 6 nitrogen and oxygen atoms in total. The van der Waals surface area contributed by atoms with Gasteiger partial charge in [-0.3, -0.25) is 4.79 Å². The molecule has 0 aliphatic carbocycles. The van der Waals surface area contributed by atoms with Gasteiger partial charge in [-0.25, -0.2) is 4.79 Å². The van der Waals surface area contributed by atoms with Crippen molar-refractivity contribution in [1.82, 2.24) is 5.32 Å². The Balaban J connectivity index is 0.00000242. The zero-order valence-electron chi connectivity index (χ0n) is 12.7. The number of ether oxygens (including phenoxy) is 2. The molecule has 1 fully saturated rings. The third kappa shape index (κ3) is 4.61. The first-order valence-corrected chi connectivity index (χ1v) is 6.85. The Bertz CT molecular complexity index is 513. The molecule has 0 bridgehead atoms. The summed E-state index contributed by atoms with van der Waals surface area (Å²) in [6.45, 7) is 3.38. The van der Waals surface area contributed by atoms with Gasteiger partial charge in [0.1, 0.15) is 5.75 Å². The number of methoxy groups -OCH3 is 1. The van der Waals surface area contributed by atoms with E-state index in [4.69, 9.17) is 4.74 Å². The summed E-state index contributed by atoms with van der Waals surface area (Å²) in [6.07, 6.45) is 0.832. The number of hydrogen-bond donors (Lipinski definition) is 2. The second-order valence-electron chi connectivity index (χ2n) is 5.33. The van der Waals surface area contributed by atoms with Gasteiger partial charge in [0.2, 0.25) is 5.91 Å². The van der Waals surface area contributed by atoms with Gasteiger partial charge < -0.3 is 20.1 Å². The number of halogens is 1. The molecule has 22 heavy (non-hydrogen) atoms. The molecule has 1 heterocycles. The Morgan fingerprint density at radius 2 is 2.00 bits per heavy atom. The first kappa shape index (κ1) is 18.3. The van der Waals surface area contributed by atoms with Gasteiger partial charge >= 0.3 is 5.97 Å². The van der Waals surface area contributed by atoms with E-state index in [-0.39, 0.29) is 30.3 Å². The first-order valence-electron chi connectivity index (χ1n) is 6.85. The Morgan fingerprint density at radius 1 is 1.32 bits per heavy atom. The molecule has 1 aromatic rings. The van der Waals surface area contributed by atoms with Gasteiger partial charge in [-0.2, -0.15) is 0 Å². The monoisotopic (exact) mass is 328 g/mol. The van der Waals surface area contributed by atoms with Crippen LogP contribution in [0, 0.1) is 5.41 Å². The van der Waals surface area contributed by atoms with Gasteiger partial charge in [-0.1, -0.05) is 0 Å². The summed E-state index contributed by atoms with van der Waals surface area (Å²) < 4.78 is 9.73. The number of anilines is 1. The van der Waals surface area contributed by atoms with E-state index in [2.05, 4.69) is 15.4 Å². The van der Waals surface area contributed by atoms with Gasteiger partial charge in [0.05, 0.1) is 12.5 Å². The Kier molecular flexibility index (Phi) is 6.64. The lowest BCUT2D eigenvalue weighted by atomic mass is 9.89. The van der Waals surface area contributed by atoms with Crippen molar-refractivity contribution < 1.29 is 19.1 Å². The lowest BCUT2D eigenvalue weighted by molar-refractivity contribution is -0.142. The van der Waals surface area contributed by atoms with E-state index < -0.39 is 5.97 Å². The zero-order chi connectivity index (χ0) is 15.3. The second-order valence-corrected chi connectivity index (χ2v) is 5.33. The second kappa shape index (κ2) is 8.00. The highest BCUT2D eigenvalue weighted by molar-refractivity contribution is 5.95. The summed E-state index contributed by atoms with van der Waals surface area (Å²) in [7, 11) is 1.31. The van der Waals surface area contributed by atoms with E-state index in [0.717, 1.165) is 13.0 Å². The number of esters is 1. The number of hydrogen-bond acceptors (Lipinski definition) is 5. The van der Waals surface area contributed by atoms with Crippen molar-refractivity contribution in [3.63, 3.8) is 0 Å². The molecule has 0 spiro atoms. The molecular formula is C15H21ClN2O4. The third-order valence-electron chi connectivity index (χ3n) is 3.61. The number of nitrogens with one attached hydrogen (secondary N) is 2. The normalized spacial score (nSPS) is 19.9. The van der Waals surface area contributed by atoms with Crippen LogP contribution in [0.4, 0.5) is 5.69 Å². The molecule has 1 aliphatic heterocycles. The molecule has 1 aromatic carbocycles. The molecule has 0 saturated carbocycles. The minimum Gasteiger partial charge on any atom is -0.482 e. The predicted octanol–water partition coefficient (Wildman–Crippen LogP) is 1.60. The molecule has 2 rings (SSSR count). The van der Waals surface area contributed by atoms with Crippen molar-refractivity contribution >= 4 is 30.0 Å². The van der Waals surface area contributed by atoms with Crippen LogP contribution in [0.3, 0.4) is 0 Å². The Morgan fingerprint density at radius 3 is 2.55 bits per heavy atom. The largest absolute Gasteiger partial charge is 0.482 e. The molecule has 0 radical (unpaired) electrons. The highest BCUT2D eigenvalue weighted by Gasteiger charge is 2.36. The quantitative estimate of drug-likeness (QED) is 0.803. The number of carbonyl (C=O) groups excluding carboxylic acids is 2. The maximum Gasteiger partial charge on any atom is 0.343 e. The highest BCUT2D eigenvalue weighted by Crippen LogP contribution is 2.26.